The molecule has 3 rings (SSSR count). The molecule has 6 nitrogen and oxygen atoms in total. The van der Waals surface area contributed by atoms with Crippen LogP contribution in [-0.2, 0) is 4.79 Å². The Kier molecular flexibility index (Phi) is 6.59. The Morgan fingerprint density at radius 2 is 1.74 bits per heavy atom. The second-order valence-electron chi connectivity index (χ2n) is 7.01. The summed E-state index contributed by atoms with van der Waals surface area (Å²) in [7, 11) is 0. The van der Waals surface area contributed by atoms with Gasteiger partial charge in [0.25, 0.3) is 0 Å². The molecule has 0 aliphatic heterocycles. The van der Waals surface area contributed by atoms with E-state index in [1.807, 2.05) is 62.4 Å². The summed E-state index contributed by atoms with van der Waals surface area (Å²) in [6, 6.07) is 19.0. The quantitative estimate of drug-likeness (QED) is 0.565. The van der Waals surface area contributed by atoms with Crippen molar-refractivity contribution in [3.05, 3.63) is 70.8 Å². The number of aryl methyl sites for hydroxylation is 1. The molecule has 0 radical (unpaired) electrons. The number of anilines is 2. The van der Waals surface area contributed by atoms with Crippen molar-refractivity contribution in [1.82, 2.24) is 4.98 Å². The first kappa shape index (κ1) is 21.9. The number of carbonyl (C=O) groups is 1. The summed E-state index contributed by atoms with van der Waals surface area (Å²) in [4.78, 5) is 17.1. The number of amides is 1. The highest BCUT2D eigenvalue weighted by atomic mass is 32.2. The van der Waals surface area contributed by atoms with E-state index in [4.69, 9.17) is 5.73 Å². The summed E-state index contributed by atoms with van der Waals surface area (Å²) < 4.78 is 0. The van der Waals surface area contributed by atoms with Crippen LogP contribution in [0.15, 0.2) is 53.6 Å². The molecule has 1 aromatic heterocycles. The Hall–Kier alpha value is -3.81. The van der Waals surface area contributed by atoms with Crippen molar-refractivity contribution in [3.63, 3.8) is 0 Å². The minimum Gasteiger partial charge on any atom is -0.383 e. The number of nitrogens with one attached hydrogen (secondary N) is 1. The Morgan fingerprint density at radius 3 is 2.39 bits per heavy atom. The average Bonchev–Trinajstić information content (AvgIpc) is 2.77. The predicted octanol–water partition coefficient (Wildman–Crippen LogP) is 4.81. The maximum atomic E-state index is 12.8. The molecular formula is C24H21N5OS. The van der Waals surface area contributed by atoms with E-state index in [1.54, 1.807) is 6.92 Å². The molecule has 2 aromatic carbocycles. The third kappa shape index (κ3) is 4.53. The average molecular weight is 428 g/mol. The fourth-order valence-electron chi connectivity index (χ4n) is 3.12. The lowest BCUT2D eigenvalue weighted by Gasteiger charge is -2.17. The molecule has 0 saturated carbocycles. The number of hydrogen-bond donors (Lipinski definition) is 2. The van der Waals surface area contributed by atoms with Gasteiger partial charge in [-0.25, -0.2) is 4.98 Å². The van der Waals surface area contributed by atoms with Crippen molar-refractivity contribution < 1.29 is 4.79 Å². The van der Waals surface area contributed by atoms with Gasteiger partial charge in [-0.1, -0.05) is 54.2 Å². The van der Waals surface area contributed by atoms with E-state index < -0.39 is 5.25 Å². The Morgan fingerprint density at radius 1 is 1.06 bits per heavy atom. The molecule has 3 N–H and O–H groups in total. The summed E-state index contributed by atoms with van der Waals surface area (Å²) in [6.45, 7) is 5.67. The van der Waals surface area contributed by atoms with Crippen LogP contribution in [0, 0.1) is 36.5 Å². The first-order chi connectivity index (χ1) is 14.9. The number of nitrogens with two attached hydrogens (primary N) is 1. The second-order valence-corrected chi connectivity index (χ2v) is 8.34. The molecule has 1 unspecified atom stereocenters. The molecule has 1 heterocycles. The molecule has 0 aliphatic rings. The summed E-state index contributed by atoms with van der Waals surface area (Å²) in [5, 5.41) is 22.2. The highest BCUT2D eigenvalue weighted by Crippen LogP contribution is 2.37. The predicted molar refractivity (Wildman–Crippen MR) is 123 cm³/mol. The number of carbonyl (C=O) groups excluding carboxylic acids is 1. The zero-order valence-electron chi connectivity index (χ0n) is 17.4. The Labute approximate surface area is 185 Å². The van der Waals surface area contributed by atoms with Crippen LogP contribution >= 0.6 is 11.8 Å². The van der Waals surface area contributed by atoms with Gasteiger partial charge in [-0.3, -0.25) is 4.79 Å². The zero-order valence-corrected chi connectivity index (χ0v) is 18.2. The number of thioether (sulfide) groups is 1. The SMILES string of the molecule is Cc1cccc(NC(=O)C(C)Sc2nc(N)c(C#N)c(-c3ccccc3)c2C#N)c1C. The number of nitriles is 2. The molecule has 31 heavy (non-hydrogen) atoms. The van der Waals surface area contributed by atoms with E-state index in [-0.39, 0.29) is 22.9 Å². The maximum Gasteiger partial charge on any atom is 0.237 e. The van der Waals surface area contributed by atoms with E-state index in [0.717, 1.165) is 28.6 Å². The van der Waals surface area contributed by atoms with Crippen LogP contribution in [0.4, 0.5) is 11.5 Å². The number of nitrogen functional groups attached to an aromatic ring is 1. The van der Waals surface area contributed by atoms with Crippen LogP contribution in [0.1, 0.15) is 29.2 Å². The van der Waals surface area contributed by atoms with Crippen LogP contribution in [0.3, 0.4) is 0 Å². The van der Waals surface area contributed by atoms with Gasteiger partial charge in [-0.15, -0.1) is 0 Å². The third-order valence-electron chi connectivity index (χ3n) is 5.00. The Bertz CT molecular complexity index is 1230. The van der Waals surface area contributed by atoms with Crippen molar-refractivity contribution >= 4 is 29.2 Å². The number of hydrogen-bond acceptors (Lipinski definition) is 6. The maximum absolute atomic E-state index is 12.8. The zero-order chi connectivity index (χ0) is 22.5. The molecule has 0 fully saturated rings. The lowest BCUT2D eigenvalue weighted by Crippen LogP contribution is -2.23. The summed E-state index contributed by atoms with van der Waals surface area (Å²) in [5.41, 5.74) is 10.4. The number of aromatic nitrogens is 1. The van der Waals surface area contributed by atoms with Crippen molar-refractivity contribution in [3.8, 4) is 23.3 Å². The molecule has 1 amide bonds. The second kappa shape index (κ2) is 9.34. The van der Waals surface area contributed by atoms with E-state index in [0.29, 0.717) is 16.2 Å². The summed E-state index contributed by atoms with van der Waals surface area (Å²) >= 11 is 1.14. The molecule has 0 bridgehead atoms. The van der Waals surface area contributed by atoms with Gasteiger partial charge in [-0.2, -0.15) is 10.5 Å². The molecule has 154 valence electrons. The van der Waals surface area contributed by atoms with Crippen LogP contribution in [0.2, 0.25) is 0 Å². The van der Waals surface area contributed by atoms with Gasteiger partial charge in [-0.05, 0) is 43.5 Å². The van der Waals surface area contributed by atoms with Crippen molar-refractivity contribution in [2.24, 2.45) is 0 Å². The molecule has 0 saturated heterocycles. The van der Waals surface area contributed by atoms with Gasteiger partial charge in [0.05, 0.1) is 10.8 Å². The van der Waals surface area contributed by atoms with Crippen LogP contribution in [-0.4, -0.2) is 16.1 Å². The first-order valence-electron chi connectivity index (χ1n) is 9.60. The van der Waals surface area contributed by atoms with E-state index in [2.05, 4.69) is 22.4 Å². The molecule has 7 heteroatoms. The molecule has 0 spiro atoms. The van der Waals surface area contributed by atoms with E-state index >= 15 is 0 Å². The van der Waals surface area contributed by atoms with Crippen LogP contribution in [0.5, 0.6) is 0 Å². The van der Waals surface area contributed by atoms with Gasteiger partial charge in [0.15, 0.2) is 0 Å². The van der Waals surface area contributed by atoms with Gasteiger partial charge in [0.1, 0.15) is 28.5 Å². The first-order valence-corrected chi connectivity index (χ1v) is 10.5. The molecule has 1 atom stereocenters. The van der Waals surface area contributed by atoms with Gasteiger partial charge < -0.3 is 11.1 Å². The van der Waals surface area contributed by atoms with Gasteiger partial charge in [0, 0.05) is 11.3 Å². The molecule has 3 aromatic rings. The lowest BCUT2D eigenvalue weighted by atomic mass is 9.97. The minimum atomic E-state index is -0.546. The van der Waals surface area contributed by atoms with Crippen LogP contribution in [0.25, 0.3) is 11.1 Å². The van der Waals surface area contributed by atoms with E-state index in [9.17, 15) is 15.3 Å². The lowest BCUT2D eigenvalue weighted by molar-refractivity contribution is -0.115. The topological polar surface area (TPSA) is 116 Å². The van der Waals surface area contributed by atoms with Crippen molar-refractivity contribution in [1.29, 1.82) is 10.5 Å². The number of benzene rings is 2. The monoisotopic (exact) mass is 427 g/mol. The third-order valence-corrected chi connectivity index (χ3v) is 6.08. The number of pyridine rings is 1. The smallest absolute Gasteiger partial charge is 0.237 e. The van der Waals surface area contributed by atoms with Crippen molar-refractivity contribution in [2.75, 3.05) is 11.1 Å². The fourth-order valence-corrected chi connectivity index (χ4v) is 4.04. The number of rotatable bonds is 5. The molecule has 0 aliphatic carbocycles. The standard InChI is InChI=1S/C24H21N5OS/c1-14-8-7-11-20(15(14)2)28-23(30)16(3)31-24-19(13-26)21(17-9-5-4-6-10-17)18(12-25)22(27)29-24/h4-11,16H,1-3H3,(H2,27,29)(H,28,30). The summed E-state index contributed by atoms with van der Waals surface area (Å²) in [5.74, 6) is -0.182. The highest BCUT2D eigenvalue weighted by Gasteiger charge is 2.24. The van der Waals surface area contributed by atoms with Crippen molar-refractivity contribution in [2.45, 2.75) is 31.0 Å². The van der Waals surface area contributed by atoms with Gasteiger partial charge >= 0.3 is 0 Å². The molecular weight excluding hydrogens is 406 g/mol. The normalized spacial score (nSPS) is 11.3. The van der Waals surface area contributed by atoms with E-state index in [1.165, 1.54) is 0 Å². The van der Waals surface area contributed by atoms with Gasteiger partial charge in [0.2, 0.25) is 5.91 Å². The number of nitrogens with zero attached hydrogens (tertiary/aromatic N) is 3. The van der Waals surface area contributed by atoms with Crippen LogP contribution < -0.4 is 11.1 Å². The minimum absolute atomic E-state index is 0.0324. The largest absolute Gasteiger partial charge is 0.383 e. The fraction of sp³-hybridized carbons (Fsp3) is 0.167. The highest BCUT2D eigenvalue weighted by molar-refractivity contribution is 8.00. The summed E-state index contributed by atoms with van der Waals surface area (Å²) in [6.07, 6.45) is 0. The Balaban J connectivity index is 1.97.